The molecule has 5 rings (SSSR count). The number of anilines is 1. The van der Waals surface area contributed by atoms with Crippen LogP contribution in [-0.2, 0) is 0 Å². The lowest BCUT2D eigenvalue weighted by Gasteiger charge is -1.98. The summed E-state index contributed by atoms with van der Waals surface area (Å²) in [5, 5.41) is 6.39. The topological polar surface area (TPSA) is 79.1 Å². The first-order valence-electron chi connectivity index (χ1n) is 7.87. The third-order valence-corrected chi connectivity index (χ3v) is 4.15. The summed E-state index contributed by atoms with van der Waals surface area (Å²) >= 11 is 0. The highest BCUT2D eigenvalue weighted by atomic mass is 16.3. The molecule has 0 spiro atoms. The van der Waals surface area contributed by atoms with Gasteiger partial charge in [0.25, 0.3) is 0 Å². The second-order valence-electron chi connectivity index (χ2n) is 5.66. The molecule has 0 aliphatic rings. The van der Waals surface area contributed by atoms with Crippen molar-refractivity contribution in [3.63, 3.8) is 0 Å². The first kappa shape index (κ1) is 13.7. The Bertz CT molecular complexity index is 1230. The van der Waals surface area contributed by atoms with Crippen molar-refractivity contribution in [1.29, 1.82) is 0 Å². The van der Waals surface area contributed by atoms with Gasteiger partial charge in [-0.15, -0.1) is 0 Å². The molecule has 0 saturated carbocycles. The van der Waals surface area contributed by atoms with E-state index in [1.165, 1.54) is 6.33 Å². The van der Waals surface area contributed by atoms with Crippen molar-refractivity contribution in [2.45, 2.75) is 0 Å². The van der Waals surface area contributed by atoms with E-state index in [4.69, 9.17) is 4.42 Å². The summed E-state index contributed by atoms with van der Waals surface area (Å²) in [7, 11) is 0. The summed E-state index contributed by atoms with van der Waals surface area (Å²) in [6, 6.07) is 15.9. The lowest BCUT2D eigenvalue weighted by molar-refractivity contribution is 0.667. The van der Waals surface area contributed by atoms with Gasteiger partial charge in [-0.2, -0.15) is 5.10 Å². The van der Waals surface area contributed by atoms with E-state index < -0.39 is 0 Å². The van der Waals surface area contributed by atoms with Crippen LogP contribution in [0.3, 0.4) is 0 Å². The van der Waals surface area contributed by atoms with E-state index in [1.807, 2.05) is 48.7 Å². The molecule has 120 valence electrons. The molecule has 25 heavy (non-hydrogen) atoms. The van der Waals surface area contributed by atoms with E-state index in [0.29, 0.717) is 11.4 Å². The highest BCUT2D eigenvalue weighted by Gasteiger charge is 2.12. The molecule has 0 amide bonds. The molecule has 2 N–H and O–H groups in total. The summed E-state index contributed by atoms with van der Waals surface area (Å²) in [6.07, 6.45) is 5.19. The zero-order valence-electron chi connectivity index (χ0n) is 13.1. The summed E-state index contributed by atoms with van der Waals surface area (Å²) in [5.41, 5.74) is 7.18. The molecule has 0 saturated heterocycles. The highest BCUT2D eigenvalue weighted by molar-refractivity contribution is 6.05. The minimum Gasteiger partial charge on any atom is -0.450 e. The van der Waals surface area contributed by atoms with Crippen molar-refractivity contribution in [2.24, 2.45) is 5.10 Å². The van der Waals surface area contributed by atoms with Crippen molar-refractivity contribution in [3.8, 4) is 0 Å². The number of benzene rings is 2. The van der Waals surface area contributed by atoms with Gasteiger partial charge in [0.1, 0.15) is 17.4 Å². The number of hydrogen-bond donors (Lipinski definition) is 2. The maximum absolute atomic E-state index is 5.87. The minimum absolute atomic E-state index is 0.539. The maximum atomic E-state index is 5.87. The first-order chi connectivity index (χ1) is 12.4. The van der Waals surface area contributed by atoms with E-state index >= 15 is 0 Å². The molecule has 6 heteroatoms. The zero-order valence-corrected chi connectivity index (χ0v) is 13.1. The molecule has 3 aromatic heterocycles. The quantitative estimate of drug-likeness (QED) is 0.382. The van der Waals surface area contributed by atoms with Crippen LogP contribution in [0, 0.1) is 0 Å². The lowest BCUT2D eigenvalue weighted by atomic mass is 10.2. The van der Waals surface area contributed by atoms with Crippen LogP contribution in [0.2, 0.25) is 0 Å². The number of H-pyrrole nitrogens is 1. The number of hydrogen-bond acceptors (Lipinski definition) is 5. The fourth-order valence-electron chi connectivity index (χ4n) is 2.97. The number of fused-ring (bicyclic) bond motifs is 4. The molecule has 2 aromatic carbocycles. The molecule has 0 aliphatic carbocycles. The monoisotopic (exact) mass is 327 g/mol. The highest BCUT2D eigenvalue weighted by Crippen LogP contribution is 2.30. The average molecular weight is 327 g/mol. The van der Waals surface area contributed by atoms with Crippen molar-refractivity contribution in [3.05, 3.63) is 66.6 Å². The predicted octanol–water partition coefficient (Wildman–Crippen LogP) is 4.30. The van der Waals surface area contributed by atoms with Crippen LogP contribution in [0.25, 0.3) is 33.0 Å². The predicted molar refractivity (Wildman–Crippen MR) is 98.8 cm³/mol. The van der Waals surface area contributed by atoms with Gasteiger partial charge in [0.15, 0.2) is 11.4 Å². The Hall–Kier alpha value is -3.67. The van der Waals surface area contributed by atoms with E-state index in [2.05, 4.69) is 31.5 Å². The number of rotatable bonds is 3. The molecule has 0 radical (unpaired) electrons. The van der Waals surface area contributed by atoms with E-state index in [-0.39, 0.29) is 0 Å². The summed E-state index contributed by atoms with van der Waals surface area (Å²) in [4.78, 5) is 11.8. The SMILES string of the molecule is C(=NNc1ncnc2c1oc1ccccc12)c1c[nH]c2ccccc12. The summed E-state index contributed by atoms with van der Waals surface area (Å²) < 4.78 is 5.87. The van der Waals surface area contributed by atoms with Crippen LogP contribution in [0.5, 0.6) is 0 Å². The van der Waals surface area contributed by atoms with Crippen LogP contribution in [0.4, 0.5) is 5.82 Å². The fraction of sp³-hybridized carbons (Fsp3) is 0. The number of para-hydroxylation sites is 2. The van der Waals surface area contributed by atoms with Gasteiger partial charge in [-0.1, -0.05) is 30.3 Å². The maximum Gasteiger partial charge on any atom is 0.197 e. The molecule has 0 bridgehead atoms. The van der Waals surface area contributed by atoms with E-state index in [1.54, 1.807) is 6.21 Å². The molecule has 3 heterocycles. The Morgan fingerprint density at radius 1 is 1.00 bits per heavy atom. The first-order valence-corrected chi connectivity index (χ1v) is 7.87. The molecule has 0 aliphatic heterocycles. The molecule has 5 aromatic rings. The number of hydrazone groups is 1. The largest absolute Gasteiger partial charge is 0.450 e. The minimum atomic E-state index is 0.539. The number of nitrogens with one attached hydrogen (secondary N) is 2. The summed E-state index contributed by atoms with van der Waals surface area (Å²) in [6.45, 7) is 0. The number of nitrogens with zero attached hydrogens (tertiary/aromatic N) is 3. The van der Waals surface area contributed by atoms with Gasteiger partial charge in [-0.3, -0.25) is 5.43 Å². The second-order valence-corrected chi connectivity index (χ2v) is 5.66. The lowest BCUT2D eigenvalue weighted by Crippen LogP contribution is -1.94. The van der Waals surface area contributed by atoms with Crippen LogP contribution in [-0.4, -0.2) is 21.2 Å². The Kier molecular flexibility index (Phi) is 3.00. The third-order valence-electron chi connectivity index (χ3n) is 4.15. The third kappa shape index (κ3) is 2.23. The summed E-state index contributed by atoms with van der Waals surface area (Å²) in [5.74, 6) is 0.539. The van der Waals surface area contributed by atoms with Gasteiger partial charge in [0.2, 0.25) is 0 Å². The zero-order chi connectivity index (χ0) is 16.6. The van der Waals surface area contributed by atoms with Gasteiger partial charge >= 0.3 is 0 Å². The van der Waals surface area contributed by atoms with Gasteiger partial charge < -0.3 is 9.40 Å². The molecular weight excluding hydrogens is 314 g/mol. The van der Waals surface area contributed by atoms with E-state index in [0.717, 1.165) is 33.0 Å². The van der Waals surface area contributed by atoms with Crippen molar-refractivity contribution < 1.29 is 4.42 Å². The van der Waals surface area contributed by atoms with Crippen LogP contribution in [0.1, 0.15) is 5.56 Å². The number of furan rings is 1. The Balaban J connectivity index is 1.52. The number of aromatic amines is 1. The number of aromatic nitrogens is 3. The molecule has 6 nitrogen and oxygen atoms in total. The van der Waals surface area contributed by atoms with Crippen LogP contribution < -0.4 is 5.43 Å². The van der Waals surface area contributed by atoms with Crippen molar-refractivity contribution in [1.82, 2.24) is 15.0 Å². The van der Waals surface area contributed by atoms with Gasteiger partial charge in [-0.05, 0) is 18.2 Å². The Morgan fingerprint density at radius 2 is 1.84 bits per heavy atom. The smallest absolute Gasteiger partial charge is 0.197 e. The van der Waals surface area contributed by atoms with E-state index in [9.17, 15) is 0 Å². The van der Waals surface area contributed by atoms with Crippen LogP contribution in [0.15, 0.2) is 70.6 Å². The molecule has 0 atom stereocenters. The van der Waals surface area contributed by atoms with Gasteiger partial charge in [0.05, 0.1) is 6.21 Å². The fourth-order valence-corrected chi connectivity index (χ4v) is 2.97. The second kappa shape index (κ2) is 5.45. The van der Waals surface area contributed by atoms with Gasteiger partial charge in [-0.25, -0.2) is 9.97 Å². The normalized spacial score (nSPS) is 11.8. The van der Waals surface area contributed by atoms with Gasteiger partial charge in [0, 0.05) is 28.0 Å². The standard InChI is InChI=1S/C19H13N5O/c1-3-7-15-13(5-1)12(9-20-15)10-23-24-19-18-17(21-11-22-19)14-6-2-4-8-16(14)25-18/h1-11,20H,(H,21,22,24). The van der Waals surface area contributed by atoms with Crippen LogP contribution >= 0.6 is 0 Å². The average Bonchev–Trinajstić information content (AvgIpc) is 3.24. The Morgan fingerprint density at radius 3 is 2.80 bits per heavy atom. The molecular formula is C19H13N5O. The van der Waals surface area contributed by atoms with Crippen molar-refractivity contribution >= 4 is 45.0 Å². The molecule has 0 fully saturated rings. The Labute approximate surface area is 142 Å². The van der Waals surface area contributed by atoms with Crippen molar-refractivity contribution in [2.75, 3.05) is 5.43 Å². The molecule has 0 unspecified atom stereocenters.